The number of rotatable bonds is 5. The molecule has 0 unspecified atom stereocenters. The molecule has 0 amide bonds. The van der Waals surface area contributed by atoms with Gasteiger partial charge in [0, 0.05) is 31.4 Å². The number of thioether (sulfide) groups is 1. The minimum absolute atomic E-state index is 0.449. The van der Waals surface area contributed by atoms with Gasteiger partial charge in [0.1, 0.15) is 16.8 Å². The number of nitrogens with one attached hydrogen (secondary N) is 2. The monoisotopic (exact) mass is 269 g/mol. The van der Waals surface area contributed by atoms with Gasteiger partial charge in [-0.1, -0.05) is 23.4 Å². The molecule has 0 spiro atoms. The lowest BCUT2D eigenvalue weighted by molar-refractivity contribution is 0.903. The first-order chi connectivity index (χ1) is 8.28. The van der Waals surface area contributed by atoms with E-state index in [1.165, 1.54) is 11.8 Å². The molecule has 0 bridgehead atoms. The number of anilines is 1. The smallest absolute Gasteiger partial charge is 0.190 e. The van der Waals surface area contributed by atoms with E-state index in [0.717, 1.165) is 24.6 Å². The van der Waals surface area contributed by atoms with Gasteiger partial charge in [0.05, 0.1) is 0 Å². The lowest BCUT2D eigenvalue weighted by Gasteiger charge is -2.05. The predicted molar refractivity (Wildman–Crippen MR) is 69.6 cm³/mol. The fourth-order valence-electron chi connectivity index (χ4n) is 1.32. The second kappa shape index (κ2) is 5.88. The Bertz CT molecular complexity index is 474. The Balaban J connectivity index is 1.92. The minimum atomic E-state index is 0.449. The summed E-state index contributed by atoms with van der Waals surface area (Å²) in [4.78, 5) is 15.5. The second-order valence-electron chi connectivity index (χ2n) is 3.28. The maximum atomic E-state index is 5.88. The highest BCUT2D eigenvalue weighted by Crippen LogP contribution is 2.16. The molecule has 0 fully saturated rings. The number of aromatic amines is 1. The molecule has 2 aromatic rings. The molecule has 2 heterocycles. The molecule has 7 heteroatoms. The summed E-state index contributed by atoms with van der Waals surface area (Å²) < 4.78 is 0. The summed E-state index contributed by atoms with van der Waals surface area (Å²) in [5.41, 5.74) is 0. The van der Waals surface area contributed by atoms with Crippen LogP contribution >= 0.6 is 23.4 Å². The first-order valence-electron chi connectivity index (χ1n) is 5.08. The Morgan fingerprint density at radius 1 is 1.47 bits per heavy atom. The van der Waals surface area contributed by atoms with Gasteiger partial charge in [-0.05, 0) is 6.26 Å². The fraction of sp³-hybridized carbons (Fsp3) is 0.300. The number of nitrogens with zero attached hydrogens (tertiary/aromatic N) is 3. The summed E-state index contributed by atoms with van der Waals surface area (Å²) in [6.45, 7) is 0.745. The topological polar surface area (TPSA) is 66.5 Å². The molecule has 2 N–H and O–H groups in total. The molecule has 0 saturated carbocycles. The quantitative estimate of drug-likeness (QED) is 0.495. The van der Waals surface area contributed by atoms with Gasteiger partial charge < -0.3 is 10.3 Å². The van der Waals surface area contributed by atoms with Crippen molar-refractivity contribution in [2.24, 2.45) is 0 Å². The van der Waals surface area contributed by atoms with E-state index in [0.29, 0.717) is 10.3 Å². The number of hydrogen-bond acceptors (Lipinski definition) is 5. The third-order valence-electron chi connectivity index (χ3n) is 2.08. The fourth-order valence-corrected chi connectivity index (χ4v) is 1.94. The Labute approximate surface area is 108 Å². The van der Waals surface area contributed by atoms with Gasteiger partial charge in [0.2, 0.25) is 0 Å². The standard InChI is InChI=1S/C10H12ClN5S/c1-17-10-15-7(11)6-9(16-10)12-3-2-8-13-4-5-14-8/h4-6H,2-3H2,1H3,(H,13,14)(H,12,15,16). The SMILES string of the molecule is CSc1nc(Cl)cc(NCCc2ncc[nH]2)n1. The van der Waals surface area contributed by atoms with Crippen molar-refractivity contribution in [2.45, 2.75) is 11.6 Å². The molecule has 0 saturated heterocycles. The molecule has 0 radical (unpaired) electrons. The Morgan fingerprint density at radius 3 is 3.06 bits per heavy atom. The molecular weight excluding hydrogens is 258 g/mol. The van der Waals surface area contributed by atoms with Crippen molar-refractivity contribution in [3.05, 3.63) is 29.4 Å². The molecule has 0 aliphatic rings. The number of aromatic nitrogens is 4. The first-order valence-corrected chi connectivity index (χ1v) is 6.69. The van der Waals surface area contributed by atoms with Crippen molar-refractivity contribution in [1.82, 2.24) is 19.9 Å². The number of H-pyrrole nitrogens is 1. The van der Waals surface area contributed by atoms with E-state index < -0.39 is 0 Å². The van der Waals surface area contributed by atoms with Crippen molar-refractivity contribution in [3.8, 4) is 0 Å². The van der Waals surface area contributed by atoms with E-state index in [1.807, 2.05) is 12.5 Å². The first kappa shape index (κ1) is 12.2. The van der Waals surface area contributed by atoms with Crippen LogP contribution in [0, 0.1) is 0 Å². The maximum Gasteiger partial charge on any atom is 0.190 e. The van der Waals surface area contributed by atoms with Crippen LogP contribution < -0.4 is 5.32 Å². The van der Waals surface area contributed by atoms with Crippen molar-refractivity contribution < 1.29 is 0 Å². The van der Waals surface area contributed by atoms with Crippen LogP contribution in [-0.4, -0.2) is 32.7 Å². The van der Waals surface area contributed by atoms with E-state index in [9.17, 15) is 0 Å². The number of hydrogen-bond donors (Lipinski definition) is 2. The average molecular weight is 270 g/mol. The van der Waals surface area contributed by atoms with Gasteiger partial charge in [0.25, 0.3) is 0 Å². The normalized spacial score (nSPS) is 10.5. The third kappa shape index (κ3) is 3.61. The molecule has 2 aromatic heterocycles. The molecular formula is C10H12ClN5S. The maximum absolute atomic E-state index is 5.88. The van der Waals surface area contributed by atoms with E-state index in [-0.39, 0.29) is 0 Å². The van der Waals surface area contributed by atoms with Crippen molar-refractivity contribution in [3.63, 3.8) is 0 Å². The van der Waals surface area contributed by atoms with Crippen LogP contribution in [0.5, 0.6) is 0 Å². The largest absolute Gasteiger partial charge is 0.369 e. The summed E-state index contributed by atoms with van der Waals surface area (Å²) in [6, 6.07) is 1.71. The van der Waals surface area contributed by atoms with Crippen LogP contribution in [0.1, 0.15) is 5.82 Å². The molecule has 17 heavy (non-hydrogen) atoms. The summed E-state index contributed by atoms with van der Waals surface area (Å²) in [6.07, 6.45) is 6.27. The zero-order valence-electron chi connectivity index (χ0n) is 9.27. The average Bonchev–Trinajstić information content (AvgIpc) is 2.81. The highest BCUT2D eigenvalue weighted by Gasteiger charge is 2.02. The van der Waals surface area contributed by atoms with Crippen molar-refractivity contribution in [1.29, 1.82) is 0 Å². The molecule has 2 rings (SSSR count). The van der Waals surface area contributed by atoms with E-state index in [4.69, 9.17) is 11.6 Å². The summed E-state index contributed by atoms with van der Waals surface area (Å²) in [5, 5.41) is 4.30. The highest BCUT2D eigenvalue weighted by atomic mass is 35.5. The lowest BCUT2D eigenvalue weighted by Crippen LogP contribution is -2.08. The zero-order chi connectivity index (χ0) is 12.1. The predicted octanol–water partition coefficient (Wildman–Crippen LogP) is 2.23. The van der Waals surface area contributed by atoms with Gasteiger partial charge in [0.15, 0.2) is 5.16 Å². The molecule has 90 valence electrons. The van der Waals surface area contributed by atoms with Gasteiger partial charge >= 0.3 is 0 Å². The van der Waals surface area contributed by atoms with E-state index in [2.05, 4.69) is 25.3 Å². The Hall–Kier alpha value is -1.27. The summed E-state index contributed by atoms with van der Waals surface area (Å²) in [5.74, 6) is 1.68. The van der Waals surface area contributed by atoms with Crippen LogP contribution in [0.25, 0.3) is 0 Å². The van der Waals surface area contributed by atoms with Gasteiger partial charge in [-0.25, -0.2) is 15.0 Å². The number of halogens is 1. The van der Waals surface area contributed by atoms with Crippen LogP contribution in [0.4, 0.5) is 5.82 Å². The van der Waals surface area contributed by atoms with Crippen LogP contribution in [0.2, 0.25) is 5.15 Å². The summed E-state index contributed by atoms with van der Waals surface area (Å²) in [7, 11) is 0. The van der Waals surface area contributed by atoms with Crippen LogP contribution in [-0.2, 0) is 6.42 Å². The third-order valence-corrected chi connectivity index (χ3v) is 2.82. The minimum Gasteiger partial charge on any atom is -0.369 e. The van der Waals surface area contributed by atoms with Gasteiger partial charge in [-0.3, -0.25) is 0 Å². The molecule has 0 atom stereocenters. The molecule has 5 nitrogen and oxygen atoms in total. The Morgan fingerprint density at radius 2 is 2.35 bits per heavy atom. The molecule has 0 aliphatic carbocycles. The van der Waals surface area contributed by atoms with Crippen molar-refractivity contribution in [2.75, 3.05) is 18.1 Å². The second-order valence-corrected chi connectivity index (χ2v) is 4.44. The van der Waals surface area contributed by atoms with Gasteiger partial charge in [-0.15, -0.1) is 0 Å². The zero-order valence-corrected chi connectivity index (χ0v) is 10.8. The van der Waals surface area contributed by atoms with E-state index in [1.54, 1.807) is 12.3 Å². The summed E-state index contributed by atoms with van der Waals surface area (Å²) >= 11 is 7.35. The van der Waals surface area contributed by atoms with Crippen LogP contribution in [0.15, 0.2) is 23.6 Å². The highest BCUT2D eigenvalue weighted by molar-refractivity contribution is 7.98. The number of imidazole rings is 1. The lowest BCUT2D eigenvalue weighted by atomic mass is 10.4. The van der Waals surface area contributed by atoms with Crippen LogP contribution in [0.3, 0.4) is 0 Å². The molecule has 0 aromatic carbocycles. The van der Waals surface area contributed by atoms with Crippen molar-refractivity contribution >= 4 is 29.2 Å². The Kier molecular flexibility index (Phi) is 4.22. The van der Waals surface area contributed by atoms with Gasteiger partial charge in [-0.2, -0.15) is 0 Å². The van der Waals surface area contributed by atoms with E-state index >= 15 is 0 Å². The molecule has 0 aliphatic heterocycles.